The molecule has 0 atom stereocenters. The largest absolute Gasteiger partial charge is 0.377 e. The Morgan fingerprint density at radius 3 is 2.05 bits per heavy atom. The van der Waals surface area contributed by atoms with E-state index in [1.54, 1.807) is 0 Å². The van der Waals surface area contributed by atoms with Crippen molar-refractivity contribution >= 4 is 8.07 Å². The van der Waals surface area contributed by atoms with E-state index in [2.05, 4.69) is 74.2 Å². The second kappa shape index (κ2) is 8.30. The molecule has 0 unspecified atom stereocenters. The van der Waals surface area contributed by atoms with E-state index in [9.17, 15) is 0 Å². The van der Waals surface area contributed by atoms with Gasteiger partial charge in [-0.05, 0) is 30.0 Å². The summed E-state index contributed by atoms with van der Waals surface area (Å²) in [6, 6.07) is 20.8. The predicted octanol–water partition coefficient (Wildman–Crippen LogP) is 5.26. The Morgan fingerprint density at radius 2 is 1.41 bits per heavy atom. The van der Waals surface area contributed by atoms with Crippen molar-refractivity contribution < 1.29 is 4.74 Å². The molecule has 2 aromatic rings. The predicted molar refractivity (Wildman–Crippen MR) is 97.9 cm³/mol. The minimum absolute atomic E-state index is 0.724. The van der Waals surface area contributed by atoms with Gasteiger partial charge in [-0.3, -0.25) is 0 Å². The third-order valence-electron chi connectivity index (χ3n) is 3.62. The fourth-order valence-electron chi connectivity index (χ4n) is 2.58. The van der Waals surface area contributed by atoms with Crippen molar-refractivity contribution in [3.8, 4) is 0 Å². The molecule has 0 aromatic heterocycles. The van der Waals surface area contributed by atoms with Crippen LogP contribution in [-0.2, 0) is 23.8 Å². The van der Waals surface area contributed by atoms with Crippen LogP contribution in [0.5, 0.6) is 0 Å². The molecule has 118 valence electrons. The minimum atomic E-state index is -1.02. The van der Waals surface area contributed by atoms with Crippen LogP contribution in [-0.4, -0.2) is 14.7 Å². The van der Waals surface area contributed by atoms with E-state index in [1.807, 2.05) is 0 Å². The highest BCUT2D eigenvalue weighted by molar-refractivity contribution is 6.75. The number of aryl methyl sites for hydroxylation is 1. The van der Waals surface area contributed by atoms with Crippen molar-refractivity contribution in [2.45, 2.75) is 45.1 Å². The van der Waals surface area contributed by atoms with Gasteiger partial charge in [0.05, 0.1) is 6.61 Å². The third-order valence-corrected chi connectivity index (χ3v) is 5.09. The summed E-state index contributed by atoms with van der Waals surface area (Å²) in [6.45, 7) is 8.79. The van der Waals surface area contributed by atoms with Crippen LogP contribution < -0.4 is 0 Å². The normalized spacial score (nSPS) is 11.6. The first-order valence-corrected chi connectivity index (χ1v) is 11.9. The maximum Gasteiger partial charge on any atom is 0.0716 e. The molecule has 2 rings (SSSR count). The lowest BCUT2D eigenvalue weighted by atomic mass is 10.1. The van der Waals surface area contributed by atoms with Gasteiger partial charge in [0, 0.05) is 14.7 Å². The zero-order valence-corrected chi connectivity index (χ0v) is 15.1. The van der Waals surface area contributed by atoms with Gasteiger partial charge in [-0.1, -0.05) is 79.8 Å². The fourth-order valence-corrected chi connectivity index (χ4v) is 4.04. The van der Waals surface area contributed by atoms with Crippen molar-refractivity contribution in [1.29, 1.82) is 0 Å². The first-order chi connectivity index (χ1) is 10.5. The molecule has 0 aliphatic carbocycles. The topological polar surface area (TPSA) is 9.23 Å². The van der Waals surface area contributed by atoms with Crippen LogP contribution >= 0.6 is 0 Å². The van der Waals surface area contributed by atoms with Crippen LogP contribution in [0.1, 0.15) is 23.1 Å². The average molecular weight is 313 g/mol. The van der Waals surface area contributed by atoms with Crippen LogP contribution in [0.15, 0.2) is 54.6 Å². The highest BCUT2D eigenvalue weighted by Gasteiger charge is 2.13. The van der Waals surface area contributed by atoms with Gasteiger partial charge in [-0.15, -0.1) is 0 Å². The molecule has 22 heavy (non-hydrogen) atoms. The molecular weight excluding hydrogens is 284 g/mol. The number of rotatable bonds is 8. The minimum Gasteiger partial charge on any atom is -0.377 e. The summed E-state index contributed by atoms with van der Waals surface area (Å²) >= 11 is 0. The van der Waals surface area contributed by atoms with Gasteiger partial charge in [0.1, 0.15) is 0 Å². The first-order valence-electron chi connectivity index (χ1n) is 8.22. The molecule has 0 amide bonds. The van der Waals surface area contributed by atoms with Crippen molar-refractivity contribution in [1.82, 2.24) is 0 Å². The zero-order valence-electron chi connectivity index (χ0n) is 14.1. The van der Waals surface area contributed by atoms with Gasteiger partial charge in [0.2, 0.25) is 0 Å². The molecule has 0 aliphatic rings. The zero-order chi connectivity index (χ0) is 15.8. The SMILES string of the molecule is C[Si](C)(C)Cc1ccc(COCCCc2ccccc2)cc1. The maximum absolute atomic E-state index is 5.79. The summed E-state index contributed by atoms with van der Waals surface area (Å²) < 4.78 is 5.79. The van der Waals surface area contributed by atoms with E-state index >= 15 is 0 Å². The van der Waals surface area contributed by atoms with Crippen molar-refractivity contribution in [3.63, 3.8) is 0 Å². The monoisotopic (exact) mass is 312 g/mol. The van der Waals surface area contributed by atoms with Crippen LogP contribution in [0.2, 0.25) is 19.6 Å². The Hall–Kier alpha value is -1.38. The number of hydrogen-bond acceptors (Lipinski definition) is 1. The molecule has 0 fully saturated rings. The summed E-state index contributed by atoms with van der Waals surface area (Å²) in [7, 11) is -1.02. The number of benzene rings is 2. The maximum atomic E-state index is 5.79. The molecule has 2 heteroatoms. The van der Waals surface area contributed by atoms with Crippen LogP contribution in [0, 0.1) is 0 Å². The summed E-state index contributed by atoms with van der Waals surface area (Å²) in [5, 5.41) is 0. The van der Waals surface area contributed by atoms with E-state index in [-0.39, 0.29) is 0 Å². The number of ether oxygens (including phenoxy) is 1. The summed E-state index contributed by atoms with van der Waals surface area (Å²) in [4.78, 5) is 0. The van der Waals surface area contributed by atoms with Crippen LogP contribution in [0.4, 0.5) is 0 Å². The van der Waals surface area contributed by atoms with E-state index in [1.165, 1.54) is 22.7 Å². The lowest BCUT2D eigenvalue weighted by Crippen LogP contribution is -2.23. The second-order valence-corrected chi connectivity index (χ2v) is 12.7. The quantitative estimate of drug-likeness (QED) is 0.477. The molecule has 0 spiro atoms. The number of hydrogen-bond donors (Lipinski definition) is 0. The van der Waals surface area contributed by atoms with Gasteiger partial charge in [-0.25, -0.2) is 0 Å². The molecule has 2 aromatic carbocycles. The molecule has 0 aliphatic heterocycles. The lowest BCUT2D eigenvalue weighted by Gasteiger charge is -2.15. The van der Waals surface area contributed by atoms with Gasteiger partial charge < -0.3 is 4.74 Å². The Morgan fingerprint density at radius 1 is 0.773 bits per heavy atom. The Balaban J connectivity index is 1.67. The third kappa shape index (κ3) is 6.59. The fraction of sp³-hybridized carbons (Fsp3) is 0.400. The summed E-state index contributed by atoms with van der Waals surface area (Å²) in [5.41, 5.74) is 4.13. The Labute approximate surface area is 136 Å². The molecule has 0 N–H and O–H groups in total. The highest BCUT2D eigenvalue weighted by atomic mass is 28.3. The first kappa shape index (κ1) is 17.0. The molecule has 0 saturated carbocycles. The van der Waals surface area contributed by atoms with Gasteiger partial charge in [0.25, 0.3) is 0 Å². The lowest BCUT2D eigenvalue weighted by molar-refractivity contribution is 0.118. The molecular formula is C20H28OSi. The summed E-state index contributed by atoms with van der Waals surface area (Å²) in [5.74, 6) is 0. The van der Waals surface area contributed by atoms with E-state index in [0.29, 0.717) is 0 Å². The van der Waals surface area contributed by atoms with Gasteiger partial charge in [0.15, 0.2) is 0 Å². The Kier molecular flexibility index (Phi) is 6.41. The standard InChI is InChI=1S/C20H28OSi/c1-22(2,3)17-20-13-11-19(12-14-20)16-21-15-7-10-18-8-5-4-6-9-18/h4-6,8-9,11-14H,7,10,15-17H2,1-3H3. The van der Waals surface area contributed by atoms with Crippen LogP contribution in [0.25, 0.3) is 0 Å². The molecule has 0 bridgehead atoms. The molecule has 1 nitrogen and oxygen atoms in total. The molecule has 0 radical (unpaired) electrons. The molecule has 0 heterocycles. The van der Waals surface area contributed by atoms with Crippen molar-refractivity contribution in [3.05, 3.63) is 71.3 Å². The smallest absolute Gasteiger partial charge is 0.0716 e. The van der Waals surface area contributed by atoms with E-state index in [0.717, 1.165) is 26.1 Å². The van der Waals surface area contributed by atoms with Crippen LogP contribution in [0.3, 0.4) is 0 Å². The average Bonchev–Trinajstić information content (AvgIpc) is 2.48. The summed E-state index contributed by atoms with van der Waals surface area (Å²) in [6.07, 6.45) is 2.17. The second-order valence-electron chi connectivity index (χ2n) is 7.20. The van der Waals surface area contributed by atoms with Gasteiger partial charge in [-0.2, -0.15) is 0 Å². The van der Waals surface area contributed by atoms with Crippen molar-refractivity contribution in [2.75, 3.05) is 6.61 Å². The Bertz CT molecular complexity index is 540. The highest BCUT2D eigenvalue weighted by Crippen LogP contribution is 2.13. The van der Waals surface area contributed by atoms with E-state index < -0.39 is 8.07 Å². The van der Waals surface area contributed by atoms with Crippen molar-refractivity contribution in [2.24, 2.45) is 0 Å². The van der Waals surface area contributed by atoms with E-state index in [4.69, 9.17) is 4.74 Å². The van der Waals surface area contributed by atoms with Gasteiger partial charge >= 0.3 is 0 Å². The molecule has 0 saturated heterocycles.